The average molecular weight is 284 g/mol. The summed E-state index contributed by atoms with van der Waals surface area (Å²) >= 11 is 3.39. The highest BCUT2D eigenvalue weighted by Crippen LogP contribution is 2.04. The fraction of sp³-hybridized carbons (Fsp3) is 0.462. The maximum Gasteiger partial charge on any atom is 0.224 e. The van der Waals surface area contributed by atoms with Gasteiger partial charge >= 0.3 is 0 Å². The van der Waals surface area contributed by atoms with Crippen LogP contribution in [0.1, 0.15) is 18.1 Å². The van der Waals surface area contributed by atoms with Crippen molar-refractivity contribution in [3.8, 4) is 0 Å². The van der Waals surface area contributed by atoms with Crippen molar-refractivity contribution >= 4 is 21.8 Å². The topological polar surface area (TPSA) is 29.1 Å². The molecule has 3 heteroatoms. The van der Waals surface area contributed by atoms with Crippen molar-refractivity contribution in [2.75, 3.05) is 11.9 Å². The van der Waals surface area contributed by atoms with Gasteiger partial charge in [-0.25, -0.2) is 0 Å². The molecule has 1 aromatic carbocycles. The minimum Gasteiger partial charge on any atom is -0.356 e. The van der Waals surface area contributed by atoms with Crippen LogP contribution >= 0.6 is 15.9 Å². The Hall–Kier alpha value is -0.830. The fourth-order valence-electron chi connectivity index (χ4n) is 1.41. The van der Waals surface area contributed by atoms with Gasteiger partial charge in [0.15, 0.2) is 0 Å². The van der Waals surface area contributed by atoms with Crippen molar-refractivity contribution in [2.24, 2.45) is 5.92 Å². The number of hydrogen-bond donors (Lipinski definition) is 1. The lowest BCUT2D eigenvalue weighted by atomic mass is 10.1. The number of aryl methyl sites for hydroxylation is 1. The van der Waals surface area contributed by atoms with Gasteiger partial charge in [0.2, 0.25) is 5.91 Å². The molecule has 0 heterocycles. The van der Waals surface area contributed by atoms with Gasteiger partial charge < -0.3 is 5.32 Å². The van der Waals surface area contributed by atoms with Crippen LogP contribution in [0, 0.1) is 12.8 Å². The first kappa shape index (κ1) is 13.2. The molecule has 0 aliphatic heterocycles. The third-order valence-electron chi connectivity index (χ3n) is 2.36. The highest BCUT2D eigenvalue weighted by molar-refractivity contribution is 9.09. The fourth-order valence-corrected chi connectivity index (χ4v) is 1.64. The number of rotatable bonds is 5. The van der Waals surface area contributed by atoms with Gasteiger partial charge in [-0.15, -0.1) is 0 Å². The first-order chi connectivity index (χ1) is 7.61. The largest absolute Gasteiger partial charge is 0.356 e. The highest BCUT2D eigenvalue weighted by Gasteiger charge is 2.05. The van der Waals surface area contributed by atoms with E-state index >= 15 is 0 Å². The predicted octanol–water partition coefficient (Wildman–Crippen LogP) is 2.68. The normalized spacial score (nSPS) is 12.2. The smallest absolute Gasteiger partial charge is 0.224 e. The number of halogens is 1. The van der Waals surface area contributed by atoms with Gasteiger partial charge in [-0.1, -0.05) is 52.7 Å². The molecule has 0 aliphatic rings. The van der Waals surface area contributed by atoms with Crippen LogP contribution in [0.4, 0.5) is 0 Å². The van der Waals surface area contributed by atoms with E-state index in [2.05, 4.69) is 28.2 Å². The first-order valence-electron chi connectivity index (χ1n) is 5.50. The Kier molecular flexibility index (Phi) is 5.53. The molecule has 0 aromatic heterocycles. The molecule has 88 valence electrons. The summed E-state index contributed by atoms with van der Waals surface area (Å²) in [4.78, 5) is 11.6. The third-order valence-corrected chi connectivity index (χ3v) is 3.46. The van der Waals surface area contributed by atoms with Crippen LogP contribution in [0.2, 0.25) is 0 Å². The first-order valence-corrected chi connectivity index (χ1v) is 6.62. The summed E-state index contributed by atoms with van der Waals surface area (Å²) < 4.78 is 0. The van der Waals surface area contributed by atoms with Crippen molar-refractivity contribution in [3.05, 3.63) is 35.4 Å². The number of alkyl halides is 1. The lowest BCUT2D eigenvalue weighted by Crippen LogP contribution is -2.30. The number of amides is 1. The molecule has 1 unspecified atom stereocenters. The number of carbonyl (C=O) groups is 1. The highest BCUT2D eigenvalue weighted by atomic mass is 79.9. The Morgan fingerprint density at radius 1 is 1.50 bits per heavy atom. The van der Waals surface area contributed by atoms with Crippen LogP contribution in [-0.2, 0) is 11.2 Å². The third kappa shape index (κ3) is 4.79. The molecule has 1 rings (SSSR count). The zero-order chi connectivity index (χ0) is 12.0. The monoisotopic (exact) mass is 283 g/mol. The lowest BCUT2D eigenvalue weighted by molar-refractivity contribution is -0.120. The van der Waals surface area contributed by atoms with Gasteiger partial charge in [-0.3, -0.25) is 4.79 Å². The van der Waals surface area contributed by atoms with Gasteiger partial charge in [0.1, 0.15) is 0 Å². The van der Waals surface area contributed by atoms with E-state index < -0.39 is 0 Å². The van der Waals surface area contributed by atoms with Crippen LogP contribution < -0.4 is 5.32 Å². The number of hydrogen-bond acceptors (Lipinski definition) is 1. The van der Waals surface area contributed by atoms with Crippen LogP contribution in [0.3, 0.4) is 0 Å². The van der Waals surface area contributed by atoms with Gasteiger partial charge in [-0.2, -0.15) is 0 Å². The summed E-state index contributed by atoms with van der Waals surface area (Å²) in [6.45, 7) is 4.87. The molecule has 1 atom stereocenters. The summed E-state index contributed by atoms with van der Waals surface area (Å²) in [6, 6.07) is 8.06. The van der Waals surface area contributed by atoms with E-state index in [9.17, 15) is 4.79 Å². The molecule has 1 amide bonds. The maximum atomic E-state index is 11.6. The second kappa shape index (κ2) is 6.69. The summed E-state index contributed by atoms with van der Waals surface area (Å²) in [7, 11) is 0. The molecular weight excluding hydrogens is 266 g/mol. The van der Waals surface area contributed by atoms with E-state index in [1.54, 1.807) is 0 Å². The SMILES string of the molecule is Cc1cccc(CC(=O)NCC(C)CBr)c1. The van der Waals surface area contributed by atoms with Gasteiger partial charge in [0, 0.05) is 11.9 Å². The summed E-state index contributed by atoms with van der Waals surface area (Å²) in [5.41, 5.74) is 2.27. The Bertz CT molecular complexity index is 352. The molecule has 16 heavy (non-hydrogen) atoms. The quantitative estimate of drug-likeness (QED) is 0.828. The number of carbonyl (C=O) groups excluding carboxylic acids is 1. The molecular formula is C13H18BrNO. The van der Waals surface area contributed by atoms with Gasteiger partial charge in [0.25, 0.3) is 0 Å². The molecule has 1 N–H and O–H groups in total. The van der Waals surface area contributed by atoms with E-state index in [-0.39, 0.29) is 5.91 Å². The van der Waals surface area contributed by atoms with Gasteiger partial charge in [-0.05, 0) is 18.4 Å². The molecule has 2 nitrogen and oxygen atoms in total. The molecule has 0 spiro atoms. The zero-order valence-electron chi connectivity index (χ0n) is 9.79. The maximum absolute atomic E-state index is 11.6. The van der Waals surface area contributed by atoms with Crippen LogP contribution in [0.25, 0.3) is 0 Å². The molecule has 0 fully saturated rings. The molecule has 0 saturated carbocycles. The summed E-state index contributed by atoms with van der Waals surface area (Å²) in [5, 5.41) is 3.85. The molecule has 0 radical (unpaired) electrons. The second-order valence-electron chi connectivity index (χ2n) is 4.23. The number of nitrogens with one attached hydrogen (secondary N) is 1. The lowest BCUT2D eigenvalue weighted by Gasteiger charge is -2.09. The van der Waals surface area contributed by atoms with Crippen molar-refractivity contribution in [1.82, 2.24) is 5.32 Å². The van der Waals surface area contributed by atoms with Crippen molar-refractivity contribution in [3.63, 3.8) is 0 Å². The number of benzene rings is 1. The van der Waals surface area contributed by atoms with E-state index in [0.29, 0.717) is 12.3 Å². The van der Waals surface area contributed by atoms with Crippen LogP contribution in [-0.4, -0.2) is 17.8 Å². The predicted molar refractivity (Wildman–Crippen MR) is 70.9 cm³/mol. The van der Waals surface area contributed by atoms with E-state index in [1.165, 1.54) is 5.56 Å². The summed E-state index contributed by atoms with van der Waals surface area (Å²) in [6.07, 6.45) is 0.469. The van der Waals surface area contributed by atoms with Gasteiger partial charge in [0.05, 0.1) is 6.42 Å². The molecule has 0 bridgehead atoms. The van der Waals surface area contributed by atoms with Crippen molar-refractivity contribution in [1.29, 1.82) is 0 Å². The average Bonchev–Trinajstić information content (AvgIpc) is 2.26. The Morgan fingerprint density at radius 3 is 2.88 bits per heavy atom. The Labute approximate surface area is 106 Å². The van der Waals surface area contributed by atoms with E-state index in [0.717, 1.165) is 17.4 Å². The minimum absolute atomic E-state index is 0.0957. The van der Waals surface area contributed by atoms with E-state index in [1.807, 2.05) is 31.2 Å². The second-order valence-corrected chi connectivity index (χ2v) is 4.88. The van der Waals surface area contributed by atoms with Crippen molar-refractivity contribution in [2.45, 2.75) is 20.3 Å². The standard InChI is InChI=1S/C13H18BrNO/c1-10-4-3-5-12(6-10)7-13(16)15-9-11(2)8-14/h3-6,11H,7-9H2,1-2H3,(H,15,16). The minimum atomic E-state index is 0.0957. The molecule has 0 aliphatic carbocycles. The summed E-state index contributed by atoms with van der Waals surface area (Å²) in [5.74, 6) is 0.569. The Balaban J connectivity index is 2.40. The molecule has 1 aromatic rings. The van der Waals surface area contributed by atoms with Crippen LogP contribution in [0.5, 0.6) is 0 Å². The van der Waals surface area contributed by atoms with Crippen LogP contribution in [0.15, 0.2) is 24.3 Å². The zero-order valence-corrected chi connectivity index (χ0v) is 11.4. The van der Waals surface area contributed by atoms with Crippen molar-refractivity contribution < 1.29 is 4.79 Å². The molecule has 0 saturated heterocycles. The Morgan fingerprint density at radius 2 is 2.25 bits per heavy atom. The van der Waals surface area contributed by atoms with E-state index in [4.69, 9.17) is 0 Å².